The highest BCUT2D eigenvalue weighted by Crippen LogP contribution is 2.22. The van der Waals surface area contributed by atoms with Crippen molar-refractivity contribution >= 4 is 29.0 Å². The number of amides is 2. The molecule has 0 aliphatic rings. The van der Waals surface area contributed by atoms with Crippen molar-refractivity contribution in [2.75, 3.05) is 13.7 Å². The van der Waals surface area contributed by atoms with Crippen LogP contribution in [-0.2, 0) is 13.0 Å². The fraction of sp³-hybridized carbons (Fsp3) is 0.389. The first kappa shape index (κ1) is 18.6. The van der Waals surface area contributed by atoms with Crippen LogP contribution in [0, 0.1) is 0 Å². The summed E-state index contributed by atoms with van der Waals surface area (Å²) in [6.45, 7) is 5.20. The maximum atomic E-state index is 12.5. The van der Waals surface area contributed by atoms with Crippen LogP contribution in [0.1, 0.15) is 24.3 Å². The van der Waals surface area contributed by atoms with Gasteiger partial charge in [0.2, 0.25) is 0 Å². The molecule has 2 rings (SSSR count). The monoisotopic (exact) mass is 366 g/mol. The Labute approximate surface area is 152 Å². The molecular formula is C18H23ClN2O2S. The molecule has 1 aromatic carbocycles. The molecule has 1 unspecified atom stereocenters. The molecule has 130 valence electrons. The first-order chi connectivity index (χ1) is 11.5. The summed E-state index contributed by atoms with van der Waals surface area (Å²) in [6.07, 6.45) is 0.755. The highest BCUT2D eigenvalue weighted by Gasteiger charge is 2.16. The van der Waals surface area contributed by atoms with E-state index in [0.717, 1.165) is 26.9 Å². The number of urea groups is 1. The van der Waals surface area contributed by atoms with Gasteiger partial charge in [0.25, 0.3) is 0 Å². The maximum Gasteiger partial charge on any atom is 0.317 e. The minimum Gasteiger partial charge on any atom is -0.497 e. The summed E-state index contributed by atoms with van der Waals surface area (Å²) in [5.74, 6) is 0.829. The zero-order valence-corrected chi connectivity index (χ0v) is 15.8. The van der Waals surface area contributed by atoms with E-state index in [9.17, 15) is 4.79 Å². The van der Waals surface area contributed by atoms with Crippen molar-refractivity contribution in [2.45, 2.75) is 32.9 Å². The zero-order chi connectivity index (χ0) is 17.5. The summed E-state index contributed by atoms with van der Waals surface area (Å²) in [7, 11) is 1.65. The number of hydrogen-bond acceptors (Lipinski definition) is 3. The molecule has 0 aliphatic carbocycles. The fourth-order valence-corrected chi connectivity index (χ4v) is 3.56. The molecule has 0 saturated heterocycles. The summed E-state index contributed by atoms with van der Waals surface area (Å²) < 4.78 is 5.98. The minimum atomic E-state index is -0.0579. The Morgan fingerprint density at radius 3 is 2.79 bits per heavy atom. The Hall–Kier alpha value is -1.72. The fourth-order valence-electron chi connectivity index (χ4n) is 2.46. The number of methoxy groups -OCH3 is 1. The van der Waals surface area contributed by atoms with Gasteiger partial charge in [0.15, 0.2) is 0 Å². The minimum absolute atomic E-state index is 0.0329. The van der Waals surface area contributed by atoms with Crippen LogP contribution < -0.4 is 10.1 Å². The summed E-state index contributed by atoms with van der Waals surface area (Å²) >= 11 is 7.46. The first-order valence-corrected chi connectivity index (χ1v) is 9.13. The van der Waals surface area contributed by atoms with E-state index in [2.05, 4.69) is 5.32 Å². The van der Waals surface area contributed by atoms with Gasteiger partial charge in [-0.2, -0.15) is 0 Å². The van der Waals surface area contributed by atoms with Gasteiger partial charge in [-0.3, -0.25) is 0 Å². The van der Waals surface area contributed by atoms with E-state index in [1.807, 2.05) is 50.2 Å². The molecule has 1 atom stereocenters. The van der Waals surface area contributed by atoms with Crippen LogP contribution in [0.25, 0.3) is 0 Å². The number of nitrogens with zero attached hydrogens (tertiary/aromatic N) is 1. The second-order valence-electron chi connectivity index (χ2n) is 5.63. The Morgan fingerprint density at radius 1 is 1.38 bits per heavy atom. The molecule has 4 nitrogen and oxygen atoms in total. The Morgan fingerprint density at radius 2 is 2.17 bits per heavy atom. The number of thiophene rings is 1. The number of hydrogen-bond donors (Lipinski definition) is 1. The summed E-state index contributed by atoms with van der Waals surface area (Å²) in [4.78, 5) is 15.3. The number of rotatable bonds is 7. The molecular weight excluding hydrogens is 344 g/mol. The van der Waals surface area contributed by atoms with Gasteiger partial charge in [0.1, 0.15) is 5.75 Å². The van der Waals surface area contributed by atoms with Crippen LogP contribution >= 0.6 is 22.9 Å². The largest absolute Gasteiger partial charge is 0.497 e. The van der Waals surface area contributed by atoms with Gasteiger partial charge < -0.3 is 15.0 Å². The van der Waals surface area contributed by atoms with Gasteiger partial charge >= 0.3 is 6.03 Å². The lowest BCUT2D eigenvalue weighted by atomic mass is 10.1. The molecule has 1 aromatic heterocycles. The van der Waals surface area contributed by atoms with Crippen molar-refractivity contribution in [3.63, 3.8) is 0 Å². The lowest BCUT2D eigenvalue weighted by Gasteiger charge is -2.23. The lowest BCUT2D eigenvalue weighted by molar-refractivity contribution is 0.195. The molecule has 0 spiro atoms. The predicted octanol–water partition coefficient (Wildman–Crippen LogP) is 4.57. The van der Waals surface area contributed by atoms with Crippen LogP contribution in [-0.4, -0.2) is 30.6 Å². The SMILES string of the molecule is CCN(Cc1ccc(Cl)s1)C(=O)NC(C)Cc1cccc(OC)c1. The molecule has 2 amide bonds. The van der Waals surface area contributed by atoms with E-state index >= 15 is 0 Å². The van der Waals surface area contributed by atoms with Crippen molar-refractivity contribution in [3.05, 3.63) is 51.2 Å². The van der Waals surface area contributed by atoms with Gasteiger partial charge in [0, 0.05) is 17.5 Å². The van der Waals surface area contributed by atoms with Crippen molar-refractivity contribution in [2.24, 2.45) is 0 Å². The van der Waals surface area contributed by atoms with Gasteiger partial charge in [-0.25, -0.2) is 4.79 Å². The van der Waals surface area contributed by atoms with Crippen molar-refractivity contribution in [3.8, 4) is 5.75 Å². The van der Waals surface area contributed by atoms with Crippen molar-refractivity contribution < 1.29 is 9.53 Å². The number of carbonyl (C=O) groups is 1. The summed E-state index contributed by atoms with van der Waals surface area (Å²) in [5.41, 5.74) is 1.13. The highest BCUT2D eigenvalue weighted by atomic mass is 35.5. The van der Waals surface area contributed by atoms with Crippen molar-refractivity contribution in [1.82, 2.24) is 10.2 Å². The first-order valence-electron chi connectivity index (χ1n) is 7.94. The number of carbonyl (C=O) groups excluding carboxylic acids is 1. The second-order valence-corrected chi connectivity index (χ2v) is 7.43. The average molecular weight is 367 g/mol. The van der Waals surface area contributed by atoms with Crippen LogP contribution in [0.5, 0.6) is 5.75 Å². The third kappa shape index (κ3) is 5.42. The third-order valence-corrected chi connectivity index (χ3v) is 4.91. The molecule has 0 bridgehead atoms. The molecule has 6 heteroatoms. The number of benzene rings is 1. The lowest BCUT2D eigenvalue weighted by Crippen LogP contribution is -2.44. The number of halogens is 1. The normalized spacial score (nSPS) is 11.8. The molecule has 0 saturated carbocycles. The van der Waals surface area contributed by atoms with Crippen LogP contribution in [0.4, 0.5) is 4.79 Å². The maximum absolute atomic E-state index is 12.5. The van der Waals surface area contributed by atoms with Crippen molar-refractivity contribution in [1.29, 1.82) is 0 Å². The van der Waals surface area contributed by atoms with Crippen LogP contribution in [0.3, 0.4) is 0 Å². The van der Waals surface area contributed by atoms with Gasteiger partial charge in [-0.15, -0.1) is 11.3 Å². The van der Waals surface area contributed by atoms with E-state index < -0.39 is 0 Å². The van der Waals surface area contributed by atoms with E-state index in [1.165, 1.54) is 11.3 Å². The molecule has 0 aliphatic heterocycles. The van der Waals surface area contributed by atoms with Crippen LogP contribution in [0.15, 0.2) is 36.4 Å². The molecule has 0 radical (unpaired) electrons. The summed E-state index contributed by atoms with van der Waals surface area (Å²) in [5, 5.41) is 3.06. The summed E-state index contributed by atoms with van der Waals surface area (Å²) in [6, 6.07) is 11.7. The predicted molar refractivity (Wildman–Crippen MR) is 100 cm³/mol. The number of ether oxygens (including phenoxy) is 1. The number of nitrogens with one attached hydrogen (secondary N) is 1. The second kappa shape index (κ2) is 8.94. The van der Waals surface area contributed by atoms with E-state index in [1.54, 1.807) is 12.0 Å². The zero-order valence-electron chi connectivity index (χ0n) is 14.2. The highest BCUT2D eigenvalue weighted by molar-refractivity contribution is 7.16. The van der Waals surface area contributed by atoms with Crippen LogP contribution in [0.2, 0.25) is 4.34 Å². The standard InChI is InChI=1S/C18H23ClN2O2S/c1-4-21(12-16-8-9-17(19)24-16)18(22)20-13(2)10-14-6-5-7-15(11-14)23-3/h5-9,11,13H,4,10,12H2,1-3H3,(H,20,22). The quantitative estimate of drug-likeness (QED) is 0.779. The molecule has 1 N–H and O–H groups in total. The van der Waals surface area contributed by atoms with E-state index in [4.69, 9.17) is 16.3 Å². The van der Waals surface area contributed by atoms with Gasteiger partial charge in [-0.05, 0) is 50.1 Å². The smallest absolute Gasteiger partial charge is 0.317 e. The Balaban J connectivity index is 1.91. The Kier molecular flexibility index (Phi) is 6.94. The third-order valence-electron chi connectivity index (χ3n) is 3.69. The van der Waals surface area contributed by atoms with E-state index in [-0.39, 0.29) is 12.1 Å². The average Bonchev–Trinajstić information content (AvgIpc) is 2.97. The Bertz CT molecular complexity index is 675. The molecule has 0 fully saturated rings. The molecule has 24 heavy (non-hydrogen) atoms. The molecule has 2 aromatic rings. The van der Waals surface area contributed by atoms with E-state index in [0.29, 0.717) is 13.1 Å². The van der Waals surface area contributed by atoms with Gasteiger partial charge in [-0.1, -0.05) is 23.7 Å². The van der Waals surface area contributed by atoms with Gasteiger partial charge in [0.05, 0.1) is 18.0 Å². The topological polar surface area (TPSA) is 41.6 Å². The molecule has 1 heterocycles.